The monoisotopic (exact) mass is 506 g/mol. The Balaban J connectivity index is 1.32. The molecule has 0 amide bonds. The van der Waals surface area contributed by atoms with Gasteiger partial charge in [0.2, 0.25) is 0 Å². The highest BCUT2D eigenvalue weighted by molar-refractivity contribution is 8.26. The van der Waals surface area contributed by atoms with Gasteiger partial charge in [-0.1, -0.05) is 77.0 Å². The van der Waals surface area contributed by atoms with Crippen LogP contribution in [0.15, 0.2) is 0 Å². The molecule has 2 aliphatic heterocycles. The molecule has 6 rings (SSSR count). The SMILES string of the molecule is C1CCC(N2CCN(C3CCCCC3)P2P2N(C3CCCCC3)CCN2C2CCCCC2)CC1. The van der Waals surface area contributed by atoms with Crippen molar-refractivity contribution in [2.75, 3.05) is 26.2 Å². The molecule has 2 saturated heterocycles. The first-order valence-electron chi connectivity index (χ1n) is 15.6. The van der Waals surface area contributed by atoms with Crippen LogP contribution in [0.2, 0.25) is 0 Å². The lowest BCUT2D eigenvalue weighted by Crippen LogP contribution is -2.38. The first-order valence-corrected chi connectivity index (χ1v) is 18.8. The normalized spacial score (nSPS) is 32.8. The molecule has 194 valence electrons. The van der Waals surface area contributed by atoms with Crippen LogP contribution in [0.25, 0.3) is 0 Å². The van der Waals surface area contributed by atoms with Gasteiger partial charge in [-0.15, -0.1) is 0 Å². The molecule has 0 unspecified atom stereocenters. The predicted molar refractivity (Wildman–Crippen MR) is 148 cm³/mol. The van der Waals surface area contributed by atoms with E-state index in [1.54, 1.807) is 0 Å². The minimum Gasteiger partial charge on any atom is -0.260 e. The molecule has 0 atom stereocenters. The zero-order valence-electron chi connectivity index (χ0n) is 22.0. The van der Waals surface area contributed by atoms with Crippen LogP contribution in [-0.2, 0) is 0 Å². The van der Waals surface area contributed by atoms with Crippen LogP contribution >= 0.6 is 15.8 Å². The fraction of sp³-hybridized carbons (Fsp3) is 1.00. The van der Waals surface area contributed by atoms with Crippen LogP contribution in [0.1, 0.15) is 128 Å². The molecule has 6 aliphatic rings. The van der Waals surface area contributed by atoms with E-state index >= 15 is 0 Å². The van der Waals surface area contributed by atoms with Crippen molar-refractivity contribution in [2.24, 2.45) is 0 Å². The molecule has 0 aromatic heterocycles. The minimum atomic E-state index is -0.164. The maximum Gasteiger partial charge on any atom is 0.0981 e. The van der Waals surface area contributed by atoms with Gasteiger partial charge in [-0.05, 0) is 51.4 Å². The van der Waals surface area contributed by atoms with Crippen LogP contribution in [-0.4, -0.2) is 69.0 Å². The zero-order chi connectivity index (χ0) is 22.7. The van der Waals surface area contributed by atoms with Crippen molar-refractivity contribution in [3.05, 3.63) is 0 Å². The average Bonchev–Trinajstić information content (AvgIpc) is 3.55. The predicted octanol–water partition coefficient (Wildman–Crippen LogP) is 8.09. The molecule has 6 heteroatoms. The Morgan fingerprint density at radius 3 is 0.706 bits per heavy atom. The molecule has 0 N–H and O–H groups in total. The third-order valence-electron chi connectivity index (χ3n) is 10.2. The van der Waals surface area contributed by atoms with E-state index in [0.717, 1.165) is 24.2 Å². The molecule has 4 aliphatic carbocycles. The molecular formula is C28H52N4P2. The topological polar surface area (TPSA) is 13.0 Å². The Morgan fingerprint density at radius 2 is 0.500 bits per heavy atom. The number of hydrogen-bond donors (Lipinski definition) is 0. The summed E-state index contributed by atoms with van der Waals surface area (Å²) in [4.78, 5) is 0. The van der Waals surface area contributed by atoms with Gasteiger partial charge in [-0.25, -0.2) is 0 Å². The molecule has 0 aromatic carbocycles. The maximum atomic E-state index is 3.20. The van der Waals surface area contributed by atoms with Crippen LogP contribution < -0.4 is 0 Å². The second-order valence-electron chi connectivity index (χ2n) is 12.4. The van der Waals surface area contributed by atoms with Gasteiger partial charge in [0.05, 0.1) is 15.8 Å². The fourth-order valence-corrected chi connectivity index (χ4v) is 18.2. The summed E-state index contributed by atoms with van der Waals surface area (Å²) in [5, 5.41) is 0. The van der Waals surface area contributed by atoms with Crippen LogP contribution in [0.4, 0.5) is 0 Å². The third kappa shape index (κ3) is 5.31. The standard InChI is InChI=1S/C28H52N4P2/c1-5-13-25(14-6-1)29-21-22-30(26-15-7-2-8-16-26)33(29)34-31(27-17-9-3-10-18-27)23-24-32(34)28-19-11-4-12-20-28/h25-28H,1-24H2. The van der Waals surface area contributed by atoms with Crippen molar-refractivity contribution in [1.29, 1.82) is 0 Å². The van der Waals surface area contributed by atoms with E-state index in [1.807, 2.05) is 0 Å². The van der Waals surface area contributed by atoms with Crippen molar-refractivity contribution in [1.82, 2.24) is 18.7 Å². The molecule has 4 nitrogen and oxygen atoms in total. The molecule has 0 spiro atoms. The van der Waals surface area contributed by atoms with Gasteiger partial charge in [0.25, 0.3) is 0 Å². The summed E-state index contributed by atoms with van der Waals surface area (Å²) < 4.78 is 12.8. The van der Waals surface area contributed by atoms with Crippen molar-refractivity contribution in [2.45, 2.75) is 153 Å². The first kappa shape index (κ1) is 25.0. The highest BCUT2D eigenvalue weighted by Crippen LogP contribution is 2.81. The molecular weight excluding hydrogens is 454 g/mol. The molecule has 4 saturated carbocycles. The second-order valence-corrected chi connectivity index (χ2v) is 17.6. The third-order valence-corrected chi connectivity index (χ3v) is 18.2. The van der Waals surface area contributed by atoms with Gasteiger partial charge in [0.1, 0.15) is 0 Å². The van der Waals surface area contributed by atoms with Gasteiger partial charge in [-0.3, -0.25) is 18.7 Å². The Hall–Kier alpha value is 0.700. The van der Waals surface area contributed by atoms with Gasteiger partial charge < -0.3 is 0 Å². The quantitative estimate of drug-likeness (QED) is 0.349. The van der Waals surface area contributed by atoms with E-state index in [4.69, 9.17) is 0 Å². The Kier molecular flexibility index (Phi) is 8.86. The minimum absolute atomic E-state index is 0.164. The maximum absolute atomic E-state index is 3.20. The van der Waals surface area contributed by atoms with Gasteiger partial charge in [0, 0.05) is 50.3 Å². The number of rotatable bonds is 5. The lowest BCUT2D eigenvalue weighted by atomic mass is 9.95. The van der Waals surface area contributed by atoms with E-state index in [1.165, 1.54) is 155 Å². The summed E-state index contributed by atoms with van der Waals surface area (Å²) in [5.74, 6) is 0. The zero-order valence-corrected chi connectivity index (χ0v) is 23.8. The summed E-state index contributed by atoms with van der Waals surface area (Å²) in [7, 11) is -0.327. The molecule has 0 bridgehead atoms. The lowest BCUT2D eigenvalue weighted by Gasteiger charge is -2.50. The highest BCUT2D eigenvalue weighted by Gasteiger charge is 2.53. The summed E-state index contributed by atoms with van der Waals surface area (Å²) in [5.41, 5.74) is 0. The largest absolute Gasteiger partial charge is 0.260 e. The Morgan fingerprint density at radius 1 is 0.294 bits per heavy atom. The summed E-state index contributed by atoms with van der Waals surface area (Å²) in [6.07, 6.45) is 29.8. The second kappa shape index (κ2) is 12.0. The fourth-order valence-electron chi connectivity index (χ4n) is 8.30. The van der Waals surface area contributed by atoms with Crippen LogP contribution in [0.5, 0.6) is 0 Å². The van der Waals surface area contributed by atoms with E-state index < -0.39 is 0 Å². The van der Waals surface area contributed by atoms with Crippen molar-refractivity contribution >= 4 is 15.8 Å². The van der Waals surface area contributed by atoms with Gasteiger partial charge >= 0.3 is 0 Å². The van der Waals surface area contributed by atoms with E-state index in [9.17, 15) is 0 Å². The molecule has 2 heterocycles. The van der Waals surface area contributed by atoms with Crippen LogP contribution in [0, 0.1) is 0 Å². The van der Waals surface area contributed by atoms with Gasteiger partial charge in [0.15, 0.2) is 0 Å². The average molecular weight is 507 g/mol. The van der Waals surface area contributed by atoms with Crippen LogP contribution in [0.3, 0.4) is 0 Å². The van der Waals surface area contributed by atoms with Crippen molar-refractivity contribution < 1.29 is 0 Å². The Bertz CT molecular complexity index is 520. The van der Waals surface area contributed by atoms with Crippen molar-refractivity contribution in [3.63, 3.8) is 0 Å². The van der Waals surface area contributed by atoms with E-state index in [2.05, 4.69) is 18.7 Å². The summed E-state index contributed by atoms with van der Waals surface area (Å²) in [6.45, 7) is 5.57. The summed E-state index contributed by atoms with van der Waals surface area (Å²) in [6, 6.07) is 3.60. The molecule has 6 fully saturated rings. The summed E-state index contributed by atoms with van der Waals surface area (Å²) >= 11 is 0. The lowest BCUT2D eigenvalue weighted by molar-refractivity contribution is 0.270. The molecule has 0 radical (unpaired) electrons. The smallest absolute Gasteiger partial charge is 0.0981 e. The van der Waals surface area contributed by atoms with E-state index in [-0.39, 0.29) is 15.8 Å². The Labute approximate surface area is 213 Å². The number of nitrogens with zero attached hydrogens (tertiary/aromatic N) is 4. The van der Waals surface area contributed by atoms with Crippen molar-refractivity contribution in [3.8, 4) is 0 Å². The number of hydrogen-bond acceptors (Lipinski definition) is 4. The van der Waals surface area contributed by atoms with Gasteiger partial charge in [-0.2, -0.15) is 0 Å². The highest BCUT2D eigenvalue weighted by atomic mass is 32.1. The first-order chi connectivity index (χ1) is 16.9. The molecule has 34 heavy (non-hydrogen) atoms. The molecule has 0 aromatic rings. The van der Waals surface area contributed by atoms with E-state index in [0.29, 0.717) is 0 Å².